The Morgan fingerprint density at radius 2 is 1.81 bits per heavy atom. The van der Waals surface area contributed by atoms with Crippen molar-refractivity contribution in [2.75, 3.05) is 7.11 Å². The lowest BCUT2D eigenvalue weighted by atomic mass is 10.1. The van der Waals surface area contributed by atoms with Crippen LogP contribution in [0.15, 0.2) is 63.9 Å². The highest BCUT2D eigenvalue weighted by molar-refractivity contribution is 5.89. The number of aromatic hydroxyl groups is 1. The van der Waals surface area contributed by atoms with Gasteiger partial charge in [0.25, 0.3) is 0 Å². The number of hydrogen-bond donors (Lipinski definition) is 2. The highest BCUT2D eigenvalue weighted by atomic mass is 16.5. The maximum absolute atomic E-state index is 12.7. The van der Waals surface area contributed by atoms with Gasteiger partial charge in [0.1, 0.15) is 11.5 Å². The number of ether oxygens (including phenoxy) is 1. The van der Waals surface area contributed by atoms with Gasteiger partial charge < -0.3 is 19.2 Å². The Bertz CT molecular complexity index is 1150. The van der Waals surface area contributed by atoms with E-state index in [1.807, 2.05) is 25.3 Å². The van der Waals surface area contributed by atoms with Crippen LogP contribution >= 0.6 is 0 Å². The van der Waals surface area contributed by atoms with Crippen LogP contribution in [0.2, 0.25) is 0 Å². The Hall–Kier alpha value is -3.47. The lowest BCUT2D eigenvalue weighted by Gasteiger charge is -2.09. The molecule has 2 N–H and O–H groups in total. The predicted octanol–water partition coefficient (Wildman–Crippen LogP) is 4.48. The van der Waals surface area contributed by atoms with Crippen LogP contribution < -0.4 is 10.2 Å². The average molecular weight is 347 g/mol. The number of fused-ring (bicyclic) bond motifs is 1. The molecule has 130 valence electrons. The van der Waals surface area contributed by atoms with Crippen LogP contribution in [-0.4, -0.2) is 17.2 Å². The second-order valence-corrected chi connectivity index (χ2v) is 6.17. The van der Waals surface area contributed by atoms with Crippen LogP contribution in [0, 0.1) is 6.92 Å². The lowest BCUT2D eigenvalue weighted by Crippen LogP contribution is -2.02. The molecule has 0 spiro atoms. The van der Waals surface area contributed by atoms with E-state index in [2.05, 4.69) is 4.98 Å². The minimum absolute atomic E-state index is 0.153. The molecule has 0 radical (unpaired) electrons. The summed E-state index contributed by atoms with van der Waals surface area (Å²) in [7, 11) is 1.55. The molecular weight excluding hydrogens is 330 g/mol. The van der Waals surface area contributed by atoms with E-state index in [0.29, 0.717) is 28.0 Å². The van der Waals surface area contributed by atoms with Gasteiger partial charge in [-0.25, -0.2) is 0 Å². The lowest BCUT2D eigenvalue weighted by molar-refractivity contribution is 0.410. The standard InChI is InChI=1S/C21H17NO4/c1-12-7-17(22-11-12)14-8-16-18(24)10-19(13-3-5-15(23)6-4-13)26-21(16)20(9-14)25-2/h3-11,22-23H,1-2H3. The first-order valence-electron chi connectivity index (χ1n) is 8.16. The molecule has 26 heavy (non-hydrogen) atoms. The Balaban J connectivity index is 1.94. The van der Waals surface area contributed by atoms with Crippen LogP contribution in [0.3, 0.4) is 0 Å². The molecule has 0 saturated carbocycles. The number of rotatable bonds is 3. The minimum Gasteiger partial charge on any atom is -0.508 e. The number of aromatic nitrogens is 1. The quantitative estimate of drug-likeness (QED) is 0.573. The molecule has 0 unspecified atom stereocenters. The van der Waals surface area contributed by atoms with E-state index in [-0.39, 0.29) is 11.2 Å². The van der Waals surface area contributed by atoms with E-state index in [9.17, 15) is 9.90 Å². The smallest absolute Gasteiger partial charge is 0.193 e. The zero-order valence-electron chi connectivity index (χ0n) is 14.4. The van der Waals surface area contributed by atoms with Crippen LogP contribution in [-0.2, 0) is 0 Å². The molecule has 0 bridgehead atoms. The number of aromatic amines is 1. The van der Waals surface area contributed by atoms with Gasteiger partial charge in [0, 0.05) is 29.1 Å². The number of hydrogen-bond acceptors (Lipinski definition) is 4. The first-order chi connectivity index (χ1) is 12.5. The average Bonchev–Trinajstić information content (AvgIpc) is 3.08. The molecule has 4 aromatic rings. The summed E-state index contributed by atoms with van der Waals surface area (Å²) in [6.45, 7) is 2.00. The van der Waals surface area contributed by atoms with Gasteiger partial charge in [-0.2, -0.15) is 0 Å². The molecule has 0 aliphatic carbocycles. The summed E-state index contributed by atoms with van der Waals surface area (Å²) in [5.41, 5.74) is 3.81. The number of aryl methyl sites for hydroxylation is 1. The second-order valence-electron chi connectivity index (χ2n) is 6.17. The van der Waals surface area contributed by atoms with Crippen LogP contribution in [0.25, 0.3) is 33.6 Å². The second kappa shape index (κ2) is 6.11. The third kappa shape index (κ3) is 2.73. The maximum atomic E-state index is 12.7. The highest BCUT2D eigenvalue weighted by Crippen LogP contribution is 2.33. The predicted molar refractivity (Wildman–Crippen MR) is 101 cm³/mol. The van der Waals surface area contributed by atoms with E-state index in [0.717, 1.165) is 16.8 Å². The number of phenolic OH excluding ortho intramolecular Hbond substituents is 1. The summed E-state index contributed by atoms with van der Waals surface area (Å²) in [4.78, 5) is 15.9. The van der Waals surface area contributed by atoms with Gasteiger partial charge in [-0.3, -0.25) is 4.79 Å². The molecule has 5 nitrogen and oxygen atoms in total. The van der Waals surface area contributed by atoms with E-state index < -0.39 is 0 Å². The van der Waals surface area contributed by atoms with Crippen molar-refractivity contribution < 1.29 is 14.3 Å². The van der Waals surface area contributed by atoms with Gasteiger partial charge >= 0.3 is 0 Å². The van der Waals surface area contributed by atoms with E-state index in [1.54, 1.807) is 37.4 Å². The first-order valence-corrected chi connectivity index (χ1v) is 8.16. The molecule has 0 saturated heterocycles. The van der Waals surface area contributed by atoms with Crippen LogP contribution in [0.1, 0.15) is 5.56 Å². The third-order valence-corrected chi connectivity index (χ3v) is 4.30. The Labute approximate surface area is 149 Å². The summed E-state index contributed by atoms with van der Waals surface area (Å²) in [6.07, 6.45) is 1.91. The number of phenols is 1. The monoisotopic (exact) mass is 347 g/mol. The van der Waals surface area contributed by atoms with Crippen LogP contribution in [0.4, 0.5) is 0 Å². The van der Waals surface area contributed by atoms with Crippen molar-refractivity contribution in [3.05, 3.63) is 70.5 Å². The molecule has 0 amide bonds. The number of benzene rings is 2. The molecule has 0 fully saturated rings. The fraction of sp³-hybridized carbons (Fsp3) is 0.0952. The van der Waals surface area contributed by atoms with E-state index in [1.165, 1.54) is 6.07 Å². The van der Waals surface area contributed by atoms with Gasteiger partial charge in [0.15, 0.2) is 16.8 Å². The molecule has 2 heterocycles. The fourth-order valence-electron chi connectivity index (χ4n) is 2.97. The molecule has 0 atom stereocenters. The molecule has 2 aromatic carbocycles. The topological polar surface area (TPSA) is 75.5 Å². The summed E-state index contributed by atoms with van der Waals surface area (Å²) in [5.74, 6) is 1.06. The van der Waals surface area contributed by atoms with E-state index in [4.69, 9.17) is 9.15 Å². The number of nitrogens with one attached hydrogen (secondary N) is 1. The maximum Gasteiger partial charge on any atom is 0.193 e. The van der Waals surface area contributed by atoms with Crippen molar-refractivity contribution in [3.63, 3.8) is 0 Å². The van der Waals surface area contributed by atoms with Crippen molar-refractivity contribution >= 4 is 11.0 Å². The minimum atomic E-state index is -0.155. The zero-order valence-corrected chi connectivity index (χ0v) is 14.4. The number of methoxy groups -OCH3 is 1. The highest BCUT2D eigenvalue weighted by Gasteiger charge is 2.14. The van der Waals surface area contributed by atoms with Gasteiger partial charge in [-0.1, -0.05) is 0 Å². The normalized spacial score (nSPS) is 11.0. The molecule has 2 aromatic heterocycles. The number of H-pyrrole nitrogens is 1. The molecule has 5 heteroatoms. The molecular formula is C21H17NO4. The SMILES string of the molecule is COc1cc(-c2cc(C)c[nH]2)cc2c(=O)cc(-c3ccc(O)cc3)oc12. The Kier molecular flexibility index (Phi) is 3.77. The Morgan fingerprint density at radius 3 is 2.46 bits per heavy atom. The van der Waals surface area contributed by atoms with Gasteiger partial charge in [0.2, 0.25) is 0 Å². The van der Waals surface area contributed by atoms with Gasteiger partial charge in [-0.05, 0) is 55.0 Å². The summed E-state index contributed by atoms with van der Waals surface area (Å²) in [5, 5.41) is 9.89. The van der Waals surface area contributed by atoms with Gasteiger partial charge in [-0.15, -0.1) is 0 Å². The van der Waals surface area contributed by atoms with Gasteiger partial charge in [0.05, 0.1) is 12.5 Å². The van der Waals surface area contributed by atoms with Crippen molar-refractivity contribution in [1.82, 2.24) is 4.98 Å². The van der Waals surface area contributed by atoms with Crippen molar-refractivity contribution in [2.24, 2.45) is 0 Å². The van der Waals surface area contributed by atoms with E-state index >= 15 is 0 Å². The largest absolute Gasteiger partial charge is 0.508 e. The molecule has 0 aliphatic heterocycles. The van der Waals surface area contributed by atoms with Crippen molar-refractivity contribution in [3.8, 4) is 34.1 Å². The van der Waals surface area contributed by atoms with Crippen molar-refractivity contribution in [2.45, 2.75) is 6.92 Å². The molecule has 4 rings (SSSR count). The molecule has 0 aliphatic rings. The van der Waals surface area contributed by atoms with Crippen molar-refractivity contribution in [1.29, 1.82) is 0 Å². The third-order valence-electron chi connectivity index (χ3n) is 4.30. The Morgan fingerprint density at radius 1 is 1.04 bits per heavy atom. The zero-order chi connectivity index (χ0) is 18.3. The fourth-order valence-corrected chi connectivity index (χ4v) is 2.97. The first kappa shape index (κ1) is 16.0. The van der Waals surface area contributed by atoms with Crippen LogP contribution in [0.5, 0.6) is 11.5 Å². The summed E-state index contributed by atoms with van der Waals surface area (Å²) >= 11 is 0. The summed E-state index contributed by atoms with van der Waals surface area (Å²) < 4.78 is 11.4. The summed E-state index contributed by atoms with van der Waals surface area (Å²) in [6, 6.07) is 13.6.